The van der Waals surface area contributed by atoms with Gasteiger partial charge in [-0.25, -0.2) is 8.78 Å². The van der Waals surface area contributed by atoms with Crippen LogP contribution in [0.4, 0.5) is 8.78 Å². The van der Waals surface area contributed by atoms with Crippen molar-refractivity contribution in [3.8, 4) is 12.3 Å². The molecule has 0 saturated heterocycles. The molecule has 1 aromatic heterocycles. The van der Waals surface area contributed by atoms with Gasteiger partial charge in [0.25, 0.3) is 6.43 Å². The molecule has 0 atom stereocenters. The van der Waals surface area contributed by atoms with Crippen LogP contribution < -0.4 is 0 Å². The van der Waals surface area contributed by atoms with Gasteiger partial charge in [0.05, 0.1) is 6.42 Å². The minimum Gasteiger partial charge on any atom is -0.459 e. The first-order valence-corrected chi connectivity index (χ1v) is 3.04. The molecule has 0 N–H and O–H groups in total. The molecule has 1 nitrogen and oxygen atoms in total. The summed E-state index contributed by atoms with van der Waals surface area (Å²) in [4.78, 5) is 0. The summed E-state index contributed by atoms with van der Waals surface area (Å²) >= 11 is 0. The quantitative estimate of drug-likeness (QED) is 0.599. The summed E-state index contributed by atoms with van der Waals surface area (Å²) in [5, 5.41) is 0. The highest BCUT2D eigenvalue weighted by Gasteiger charge is 2.11. The number of furan rings is 1. The van der Waals surface area contributed by atoms with E-state index in [-0.39, 0.29) is 12.2 Å². The highest BCUT2D eigenvalue weighted by Crippen LogP contribution is 2.20. The van der Waals surface area contributed by atoms with E-state index in [9.17, 15) is 8.78 Å². The van der Waals surface area contributed by atoms with Gasteiger partial charge in [-0.2, -0.15) is 0 Å². The smallest absolute Gasteiger partial charge is 0.295 e. The number of rotatable bonds is 2. The molecular weight excluding hydrogens is 150 g/mol. The molecule has 0 saturated carbocycles. The highest BCUT2D eigenvalue weighted by molar-refractivity contribution is 5.12. The fourth-order valence-corrected chi connectivity index (χ4v) is 0.707. The monoisotopic (exact) mass is 156 g/mol. The molecule has 0 bridgehead atoms. The fraction of sp³-hybridized carbons (Fsp3) is 0.250. The van der Waals surface area contributed by atoms with Crippen molar-refractivity contribution >= 4 is 0 Å². The molecule has 0 spiro atoms. The topological polar surface area (TPSA) is 13.1 Å². The Morgan fingerprint density at radius 1 is 1.55 bits per heavy atom. The summed E-state index contributed by atoms with van der Waals surface area (Å²) in [5.41, 5.74) is 0. The molecule has 1 rings (SSSR count). The molecule has 1 heterocycles. The van der Waals surface area contributed by atoms with Crippen LogP contribution in [0, 0.1) is 12.3 Å². The zero-order valence-electron chi connectivity index (χ0n) is 5.68. The van der Waals surface area contributed by atoms with Gasteiger partial charge >= 0.3 is 0 Å². The Labute approximate surface area is 63.0 Å². The summed E-state index contributed by atoms with van der Waals surface area (Å²) in [6.07, 6.45) is 2.65. The molecule has 0 aromatic carbocycles. The molecule has 0 amide bonds. The zero-order chi connectivity index (χ0) is 8.27. The van der Waals surface area contributed by atoms with Gasteiger partial charge in [-0.1, -0.05) is 5.92 Å². The Kier molecular flexibility index (Phi) is 2.27. The predicted molar refractivity (Wildman–Crippen MR) is 36.2 cm³/mol. The third-order valence-corrected chi connectivity index (χ3v) is 1.17. The van der Waals surface area contributed by atoms with E-state index < -0.39 is 6.43 Å². The lowest BCUT2D eigenvalue weighted by atomic mass is 10.3. The maximum absolute atomic E-state index is 11.9. The molecule has 0 radical (unpaired) electrons. The van der Waals surface area contributed by atoms with E-state index in [1.165, 1.54) is 12.1 Å². The first-order chi connectivity index (χ1) is 5.24. The minimum absolute atomic E-state index is 0.257. The van der Waals surface area contributed by atoms with Crippen LogP contribution in [-0.4, -0.2) is 0 Å². The van der Waals surface area contributed by atoms with Crippen molar-refractivity contribution in [2.24, 2.45) is 0 Å². The molecule has 3 heteroatoms. The maximum atomic E-state index is 11.9. The Morgan fingerprint density at radius 2 is 2.27 bits per heavy atom. The van der Waals surface area contributed by atoms with E-state index in [2.05, 4.69) is 5.92 Å². The molecule has 0 aliphatic heterocycles. The average molecular weight is 156 g/mol. The summed E-state index contributed by atoms with van der Waals surface area (Å²) < 4.78 is 28.4. The van der Waals surface area contributed by atoms with Crippen molar-refractivity contribution in [2.45, 2.75) is 12.8 Å². The lowest BCUT2D eigenvalue weighted by Crippen LogP contribution is -1.77. The van der Waals surface area contributed by atoms with E-state index in [1.807, 2.05) is 0 Å². The largest absolute Gasteiger partial charge is 0.459 e. The van der Waals surface area contributed by atoms with Gasteiger partial charge < -0.3 is 4.42 Å². The van der Waals surface area contributed by atoms with Gasteiger partial charge in [-0.05, 0) is 12.1 Å². The third kappa shape index (κ3) is 1.81. The maximum Gasteiger partial charge on any atom is 0.295 e. The normalized spacial score (nSPS) is 10.0. The standard InChI is InChI=1S/C8H6F2O/c1-2-3-6-4-5-7(11-6)8(9)10/h1,4-5,8H,3H2. The highest BCUT2D eigenvalue weighted by atomic mass is 19.3. The minimum atomic E-state index is -2.55. The molecule has 11 heavy (non-hydrogen) atoms. The Balaban J connectivity index is 2.75. The fourth-order valence-electron chi connectivity index (χ4n) is 0.707. The van der Waals surface area contributed by atoms with Crippen LogP contribution in [0.25, 0.3) is 0 Å². The van der Waals surface area contributed by atoms with Crippen molar-refractivity contribution in [1.82, 2.24) is 0 Å². The molecule has 1 aromatic rings. The molecule has 58 valence electrons. The van der Waals surface area contributed by atoms with E-state index in [4.69, 9.17) is 10.8 Å². The van der Waals surface area contributed by atoms with Crippen LogP contribution in [-0.2, 0) is 6.42 Å². The van der Waals surface area contributed by atoms with Crippen LogP contribution in [0.3, 0.4) is 0 Å². The molecular formula is C8H6F2O. The van der Waals surface area contributed by atoms with E-state index in [0.29, 0.717) is 5.76 Å². The van der Waals surface area contributed by atoms with Crippen molar-refractivity contribution in [3.63, 3.8) is 0 Å². The van der Waals surface area contributed by atoms with Gasteiger partial charge in [0.15, 0.2) is 5.76 Å². The van der Waals surface area contributed by atoms with Gasteiger partial charge in [0.1, 0.15) is 5.76 Å². The summed E-state index contributed by atoms with van der Waals surface area (Å²) in [6, 6.07) is 2.69. The van der Waals surface area contributed by atoms with Gasteiger partial charge in [0.2, 0.25) is 0 Å². The number of hydrogen-bond donors (Lipinski definition) is 0. The summed E-state index contributed by atoms with van der Waals surface area (Å²) in [6.45, 7) is 0. The lowest BCUT2D eigenvalue weighted by molar-refractivity contribution is 0.120. The van der Waals surface area contributed by atoms with Gasteiger partial charge in [-0.3, -0.25) is 0 Å². The molecule has 0 aliphatic carbocycles. The van der Waals surface area contributed by atoms with Crippen LogP contribution in [0.2, 0.25) is 0 Å². The molecule has 0 fully saturated rings. The molecule has 0 unspecified atom stereocenters. The first kappa shape index (κ1) is 7.80. The first-order valence-electron chi connectivity index (χ1n) is 3.04. The van der Waals surface area contributed by atoms with Crippen LogP contribution >= 0.6 is 0 Å². The second-order valence-electron chi connectivity index (χ2n) is 1.99. The van der Waals surface area contributed by atoms with E-state index in [0.717, 1.165) is 0 Å². The van der Waals surface area contributed by atoms with Crippen molar-refractivity contribution < 1.29 is 13.2 Å². The Bertz CT molecular complexity index is 270. The lowest BCUT2D eigenvalue weighted by Gasteiger charge is -1.90. The van der Waals surface area contributed by atoms with Crippen LogP contribution in [0.5, 0.6) is 0 Å². The Hall–Kier alpha value is -1.30. The number of alkyl halides is 2. The van der Waals surface area contributed by atoms with Crippen LogP contribution in [0.1, 0.15) is 17.9 Å². The third-order valence-electron chi connectivity index (χ3n) is 1.17. The number of hydrogen-bond acceptors (Lipinski definition) is 1. The van der Waals surface area contributed by atoms with E-state index >= 15 is 0 Å². The van der Waals surface area contributed by atoms with Crippen molar-refractivity contribution in [1.29, 1.82) is 0 Å². The average Bonchev–Trinajstić information content (AvgIpc) is 2.37. The second kappa shape index (κ2) is 3.20. The molecule has 0 aliphatic rings. The second-order valence-corrected chi connectivity index (χ2v) is 1.99. The van der Waals surface area contributed by atoms with Crippen molar-refractivity contribution in [3.05, 3.63) is 23.7 Å². The Morgan fingerprint density at radius 3 is 2.73 bits per heavy atom. The zero-order valence-corrected chi connectivity index (χ0v) is 5.68. The summed E-state index contributed by atoms with van der Waals surface area (Å²) in [5.74, 6) is 2.38. The van der Waals surface area contributed by atoms with Crippen molar-refractivity contribution in [2.75, 3.05) is 0 Å². The number of terminal acetylenes is 1. The van der Waals surface area contributed by atoms with Crippen LogP contribution in [0.15, 0.2) is 16.5 Å². The predicted octanol–water partition coefficient (Wildman–Crippen LogP) is 2.39. The number of halogens is 2. The van der Waals surface area contributed by atoms with Gasteiger partial charge in [0, 0.05) is 0 Å². The van der Waals surface area contributed by atoms with E-state index in [1.54, 1.807) is 0 Å². The van der Waals surface area contributed by atoms with Gasteiger partial charge in [-0.15, -0.1) is 6.42 Å². The SMILES string of the molecule is C#CCc1ccc(C(F)F)o1. The summed E-state index contributed by atoms with van der Waals surface area (Å²) in [7, 11) is 0.